The summed E-state index contributed by atoms with van der Waals surface area (Å²) in [7, 11) is 0. The molecule has 0 spiro atoms. The molecule has 0 amide bonds. The first kappa shape index (κ1) is 19.5. The van der Waals surface area contributed by atoms with Crippen LogP contribution in [0.15, 0.2) is 0 Å². The number of piperidine rings is 1. The van der Waals surface area contributed by atoms with Crippen molar-refractivity contribution in [2.24, 2.45) is 23.2 Å². The number of nitrogens with two attached hydrogens (primary N) is 1. The number of aliphatic hydroxyl groups is 1. The standard InChI is InChI=1S/C22H39ClN2O/c1-22(2)11-18-20(19(26)12-22)21(16-5-3-4-6-17(16)25-18)24-13-14-7-9-15(23)10-8-14/h14-21,24-26H,3-13H2,1-2H3/p+1/t14?,15?,16?,17?,18?,19-,20?,21?/m1/s1. The van der Waals surface area contributed by atoms with Crippen LogP contribution in [0.25, 0.3) is 0 Å². The van der Waals surface area contributed by atoms with Crippen LogP contribution in [0.4, 0.5) is 0 Å². The van der Waals surface area contributed by atoms with E-state index in [-0.39, 0.29) is 11.5 Å². The van der Waals surface area contributed by atoms with E-state index < -0.39 is 0 Å². The maximum atomic E-state index is 11.1. The number of fused-ring (bicyclic) bond motifs is 2. The van der Waals surface area contributed by atoms with Crippen LogP contribution in [0, 0.1) is 23.2 Å². The number of hydrogen-bond donors (Lipinski definition) is 3. The van der Waals surface area contributed by atoms with E-state index in [1.165, 1.54) is 57.8 Å². The van der Waals surface area contributed by atoms with Gasteiger partial charge in [-0.3, -0.25) is 0 Å². The Balaban J connectivity index is 1.47. The normalized spacial score (nSPS) is 48.5. The minimum Gasteiger partial charge on any atom is -0.393 e. The second-order valence-corrected chi connectivity index (χ2v) is 11.4. The molecule has 150 valence electrons. The van der Waals surface area contributed by atoms with Crippen LogP contribution in [-0.4, -0.2) is 41.3 Å². The number of rotatable bonds is 3. The van der Waals surface area contributed by atoms with Gasteiger partial charge in [0.1, 0.15) is 0 Å². The highest BCUT2D eigenvalue weighted by atomic mass is 35.5. The first-order valence-electron chi connectivity index (χ1n) is 11.3. The molecule has 0 bridgehead atoms. The van der Waals surface area contributed by atoms with Crippen LogP contribution < -0.4 is 10.6 Å². The summed E-state index contributed by atoms with van der Waals surface area (Å²) in [5, 5.41) is 18.2. The first-order valence-corrected chi connectivity index (χ1v) is 11.8. The monoisotopic (exact) mass is 383 g/mol. The zero-order valence-electron chi connectivity index (χ0n) is 16.8. The predicted octanol–water partition coefficient (Wildman–Crippen LogP) is 3.04. The number of halogens is 1. The van der Waals surface area contributed by atoms with Crippen molar-refractivity contribution in [3.8, 4) is 0 Å². The number of alkyl halides is 1. The third-order valence-electron chi connectivity index (χ3n) is 8.15. The Kier molecular flexibility index (Phi) is 5.91. The Morgan fingerprint density at radius 3 is 2.50 bits per heavy atom. The number of hydrogen-bond acceptors (Lipinski definition) is 2. The fourth-order valence-corrected chi connectivity index (χ4v) is 7.19. The quantitative estimate of drug-likeness (QED) is 0.656. The van der Waals surface area contributed by atoms with E-state index in [0.29, 0.717) is 23.4 Å². The van der Waals surface area contributed by atoms with Gasteiger partial charge in [0, 0.05) is 23.8 Å². The molecule has 0 aromatic heterocycles. The highest BCUT2D eigenvalue weighted by Crippen LogP contribution is 2.43. The van der Waals surface area contributed by atoms with E-state index in [1.54, 1.807) is 0 Å². The third-order valence-corrected chi connectivity index (χ3v) is 8.59. The Hall–Kier alpha value is 0.170. The Morgan fingerprint density at radius 2 is 1.73 bits per heavy atom. The van der Waals surface area contributed by atoms with Crippen molar-refractivity contribution in [2.75, 3.05) is 6.54 Å². The summed E-state index contributed by atoms with van der Waals surface area (Å²) in [6, 6.07) is 1.90. The van der Waals surface area contributed by atoms with Gasteiger partial charge < -0.3 is 15.7 Å². The molecule has 1 saturated heterocycles. The number of nitrogens with one attached hydrogen (secondary N) is 1. The average molecular weight is 384 g/mol. The summed E-state index contributed by atoms with van der Waals surface area (Å²) >= 11 is 6.30. The second-order valence-electron chi connectivity index (χ2n) is 10.7. The lowest BCUT2D eigenvalue weighted by Gasteiger charge is -2.54. The summed E-state index contributed by atoms with van der Waals surface area (Å²) in [6.45, 7) is 5.83. The molecule has 4 fully saturated rings. The molecule has 6 atom stereocenters. The largest absolute Gasteiger partial charge is 0.393 e. The molecule has 3 aliphatic carbocycles. The Morgan fingerprint density at radius 1 is 1.00 bits per heavy atom. The molecule has 5 unspecified atom stereocenters. The molecule has 1 aliphatic heterocycles. The van der Waals surface area contributed by atoms with Crippen LogP contribution in [-0.2, 0) is 0 Å². The van der Waals surface area contributed by atoms with Gasteiger partial charge in [0.25, 0.3) is 0 Å². The zero-order valence-corrected chi connectivity index (χ0v) is 17.6. The van der Waals surface area contributed by atoms with Crippen molar-refractivity contribution >= 4 is 11.6 Å². The number of quaternary nitrogens is 1. The maximum absolute atomic E-state index is 11.1. The molecule has 4 aliphatic rings. The van der Waals surface area contributed by atoms with E-state index in [2.05, 4.69) is 24.5 Å². The van der Waals surface area contributed by atoms with Crippen LogP contribution in [0.1, 0.15) is 78.1 Å². The van der Waals surface area contributed by atoms with Crippen molar-refractivity contribution in [3.63, 3.8) is 0 Å². The lowest BCUT2D eigenvalue weighted by Crippen LogP contribution is -3.03. The number of aliphatic hydroxyl groups excluding tert-OH is 1. The van der Waals surface area contributed by atoms with Gasteiger partial charge >= 0.3 is 0 Å². The van der Waals surface area contributed by atoms with Gasteiger partial charge in [0.2, 0.25) is 0 Å². The molecular weight excluding hydrogens is 344 g/mol. The molecule has 1 heterocycles. The SMILES string of the molecule is CC1(C)CC2[NH2+]C3CCCCC3C(NCC3CCC(Cl)CC3)C2[C@H](O)C1. The Bertz CT molecular complexity index is 477. The fraction of sp³-hybridized carbons (Fsp3) is 1.00. The summed E-state index contributed by atoms with van der Waals surface area (Å²) in [6.07, 6.45) is 12.5. The summed E-state index contributed by atoms with van der Waals surface area (Å²) < 4.78 is 0. The van der Waals surface area contributed by atoms with E-state index in [9.17, 15) is 5.11 Å². The fourth-order valence-electron chi connectivity index (χ4n) is 6.94. The molecule has 3 saturated carbocycles. The van der Waals surface area contributed by atoms with Crippen molar-refractivity contribution in [3.05, 3.63) is 0 Å². The van der Waals surface area contributed by atoms with Crippen LogP contribution in [0.5, 0.6) is 0 Å². The summed E-state index contributed by atoms with van der Waals surface area (Å²) in [4.78, 5) is 0. The predicted molar refractivity (Wildman–Crippen MR) is 107 cm³/mol. The van der Waals surface area contributed by atoms with Gasteiger partial charge in [-0.25, -0.2) is 0 Å². The van der Waals surface area contributed by atoms with Gasteiger partial charge in [0.15, 0.2) is 0 Å². The molecule has 4 rings (SSSR count). The molecule has 0 aromatic carbocycles. The van der Waals surface area contributed by atoms with Crippen LogP contribution in [0.3, 0.4) is 0 Å². The van der Waals surface area contributed by atoms with E-state index in [4.69, 9.17) is 11.6 Å². The van der Waals surface area contributed by atoms with E-state index >= 15 is 0 Å². The van der Waals surface area contributed by atoms with Crippen molar-refractivity contribution < 1.29 is 10.4 Å². The van der Waals surface area contributed by atoms with Crippen LogP contribution in [0.2, 0.25) is 0 Å². The molecule has 4 N–H and O–H groups in total. The molecular formula is C22H40ClN2O+. The lowest BCUT2D eigenvalue weighted by molar-refractivity contribution is -0.752. The van der Waals surface area contributed by atoms with Gasteiger partial charge in [-0.1, -0.05) is 20.3 Å². The second kappa shape index (κ2) is 7.89. The summed E-state index contributed by atoms with van der Waals surface area (Å²) in [5.74, 6) is 1.98. The van der Waals surface area contributed by atoms with E-state index in [0.717, 1.165) is 30.8 Å². The van der Waals surface area contributed by atoms with Gasteiger partial charge in [-0.2, -0.15) is 0 Å². The molecule has 0 aromatic rings. The minimum absolute atomic E-state index is 0.140. The third kappa shape index (κ3) is 4.11. The lowest BCUT2D eigenvalue weighted by atomic mass is 9.60. The van der Waals surface area contributed by atoms with Gasteiger partial charge in [0.05, 0.1) is 24.1 Å². The average Bonchev–Trinajstić information content (AvgIpc) is 2.59. The molecule has 3 nitrogen and oxygen atoms in total. The molecule has 4 heteroatoms. The smallest absolute Gasteiger partial charge is 0.0935 e. The topological polar surface area (TPSA) is 48.9 Å². The molecule has 0 radical (unpaired) electrons. The summed E-state index contributed by atoms with van der Waals surface area (Å²) in [5.41, 5.74) is 0.280. The first-order chi connectivity index (χ1) is 12.4. The molecule has 26 heavy (non-hydrogen) atoms. The minimum atomic E-state index is -0.140. The van der Waals surface area contributed by atoms with Crippen molar-refractivity contribution in [1.82, 2.24) is 5.32 Å². The zero-order chi connectivity index (χ0) is 18.3. The van der Waals surface area contributed by atoms with Gasteiger partial charge in [-0.15, -0.1) is 11.6 Å². The highest BCUT2D eigenvalue weighted by Gasteiger charge is 2.54. The van der Waals surface area contributed by atoms with Crippen molar-refractivity contribution in [2.45, 2.75) is 108 Å². The van der Waals surface area contributed by atoms with Crippen LogP contribution >= 0.6 is 11.6 Å². The maximum Gasteiger partial charge on any atom is 0.0935 e. The van der Waals surface area contributed by atoms with E-state index in [1.807, 2.05) is 0 Å². The van der Waals surface area contributed by atoms with Gasteiger partial charge in [-0.05, 0) is 69.2 Å². The van der Waals surface area contributed by atoms with Crippen molar-refractivity contribution in [1.29, 1.82) is 0 Å². The Labute approximate surface area is 165 Å². The highest BCUT2D eigenvalue weighted by molar-refractivity contribution is 6.20.